The topological polar surface area (TPSA) is 103 Å². The molecule has 0 fully saturated rings. The maximum Gasteiger partial charge on any atom is 0.286 e. The number of aromatic amines is 1. The molecule has 0 saturated heterocycles. The van der Waals surface area contributed by atoms with Gasteiger partial charge in [-0.15, -0.1) is 0 Å². The fraction of sp³-hybridized carbons (Fsp3) is 0.111. The summed E-state index contributed by atoms with van der Waals surface area (Å²) in [6.45, 7) is 2.43. The van der Waals surface area contributed by atoms with Gasteiger partial charge in [-0.05, 0) is 43.3 Å². The third-order valence-electron chi connectivity index (χ3n) is 3.64. The Morgan fingerprint density at radius 1 is 1.12 bits per heavy atom. The lowest BCUT2D eigenvalue weighted by Crippen LogP contribution is -2.41. The zero-order valence-corrected chi connectivity index (χ0v) is 14.6. The molecule has 0 aliphatic heterocycles. The van der Waals surface area contributed by atoms with E-state index in [2.05, 4.69) is 15.8 Å². The number of amides is 2. The van der Waals surface area contributed by atoms with Crippen molar-refractivity contribution >= 4 is 34.3 Å². The van der Waals surface area contributed by atoms with Crippen molar-refractivity contribution in [1.82, 2.24) is 15.8 Å². The quantitative estimate of drug-likeness (QED) is 0.528. The highest BCUT2D eigenvalue weighted by Gasteiger charge is 2.15. The molecular weight excluding hydrogens is 358 g/mol. The Labute approximate surface area is 153 Å². The molecule has 26 heavy (non-hydrogen) atoms. The SMILES string of the molecule is CCOc1ccc2cc(C(=O)NNC(=O)c3cc(Cl)ccc3O)[nH]c2c1. The molecular formula is C18H16ClN3O4. The van der Waals surface area contributed by atoms with E-state index < -0.39 is 11.8 Å². The number of aromatic nitrogens is 1. The molecule has 0 atom stereocenters. The monoisotopic (exact) mass is 373 g/mol. The number of hydrogen-bond donors (Lipinski definition) is 4. The molecule has 2 aromatic carbocycles. The van der Waals surface area contributed by atoms with Crippen LogP contribution in [0.3, 0.4) is 0 Å². The third-order valence-corrected chi connectivity index (χ3v) is 3.88. The van der Waals surface area contributed by atoms with E-state index in [0.29, 0.717) is 17.4 Å². The summed E-state index contributed by atoms with van der Waals surface area (Å²) in [5.74, 6) is -0.768. The molecule has 0 saturated carbocycles. The smallest absolute Gasteiger partial charge is 0.286 e. The number of ether oxygens (including phenoxy) is 1. The van der Waals surface area contributed by atoms with E-state index in [0.717, 1.165) is 10.9 Å². The summed E-state index contributed by atoms with van der Waals surface area (Å²) in [5.41, 5.74) is 5.49. The van der Waals surface area contributed by atoms with Crippen LogP contribution in [-0.4, -0.2) is 28.5 Å². The summed E-state index contributed by atoms with van der Waals surface area (Å²) >= 11 is 5.81. The zero-order chi connectivity index (χ0) is 18.7. The van der Waals surface area contributed by atoms with E-state index in [1.165, 1.54) is 18.2 Å². The Morgan fingerprint density at radius 3 is 2.65 bits per heavy atom. The fourth-order valence-corrected chi connectivity index (χ4v) is 2.60. The average molecular weight is 374 g/mol. The third kappa shape index (κ3) is 3.73. The van der Waals surface area contributed by atoms with Gasteiger partial charge in [0, 0.05) is 22.0 Å². The maximum atomic E-state index is 12.2. The van der Waals surface area contributed by atoms with Crippen LogP contribution in [0.5, 0.6) is 11.5 Å². The summed E-state index contributed by atoms with van der Waals surface area (Å²) < 4.78 is 5.42. The lowest BCUT2D eigenvalue weighted by Gasteiger charge is -2.08. The normalized spacial score (nSPS) is 10.5. The van der Waals surface area contributed by atoms with E-state index in [4.69, 9.17) is 16.3 Å². The van der Waals surface area contributed by atoms with Gasteiger partial charge in [0.15, 0.2) is 0 Å². The lowest BCUT2D eigenvalue weighted by atomic mass is 10.2. The standard InChI is InChI=1S/C18H16ClN3O4/c1-2-26-12-5-3-10-7-15(20-14(10)9-12)18(25)22-21-17(24)13-8-11(19)4-6-16(13)23/h3-9,20,23H,2H2,1H3,(H,21,24)(H,22,25). The van der Waals surface area contributed by atoms with Gasteiger partial charge in [0.1, 0.15) is 17.2 Å². The van der Waals surface area contributed by atoms with Gasteiger partial charge in [0.25, 0.3) is 11.8 Å². The molecule has 0 unspecified atom stereocenters. The first kappa shape index (κ1) is 17.6. The first-order valence-corrected chi connectivity index (χ1v) is 8.20. The molecule has 2 amide bonds. The zero-order valence-electron chi connectivity index (χ0n) is 13.8. The van der Waals surface area contributed by atoms with E-state index >= 15 is 0 Å². The summed E-state index contributed by atoms with van der Waals surface area (Å²) in [6, 6.07) is 11.1. The van der Waals surface area contributed by atoms with Gasteiger partial charge in [0.2, 0.25) is 0 Å². The van der Waals surface area contributed by atoms with Crippen LogP contribution in [0.15, 0.2) is 42.5 Å². The molecule has 7 nitrogen and oxygen atoms in total. The van der Waals surface area contributed by atoms with Crippen LogP contribution < -0.4 is 15.6 Å². The molecule has 3 aromatic rings. The van der Waals surface area contributed by atoms with Gasteiger partial charge in [-0.1, -0.05) is 11.6 Å². The second-order valence-electron chi connectivity index (χ2n) is 5.43. The molecule has 4 N–H and O–H groups in total. The maximum absolute atomic E-state index is 12.2. The number of hydrazine groups is 1. The fourth-order valence-electron chi connectivity index (χ4n) is 2.42. The Bertz CT molecular complexity index is 984. The van der Waals surface area contributed by atoms with E-state index in [-0.39, 0.29) is 17.0 Å². The van der Waals surface area contributed by atoms with Crippen LogP contribution in [0.1, 0.15) is 27.8 Å². The average Bonchev–Trinajstić information content (AvgIpc) is 3.05. The lowest BCUT2D eigenvalue weighted by molar-refractivity contribution is 0.0843. The van der Waals surface area contributed by atoms with Crippen molar-refractivity contribution in [2.45, 2.75) is 6.92 Å². The first-order valence-electron chi connectivity index (χ1n) is 7.82. The van der Waals surface area contributed by atoms with Crippen LogP contribution in [-0.2, 0) is 0 Å². The van der Waals surface area contributed by atoms with E-state index in [1.54, 1.807) is 12.1 Å². The number of phenols is 1. The Morgan fingerprint density at radius 2 is 1.88 bits per heavy atom. The molecule has 0 radical (unpaired) electrons. The number of rotatable bonds is 4. The minimum atomic E-state index is -0.687. The van der Waals surface area contributed by atoms with Gasteiger partial charge in [-0.3, -0.25) is 20.4 Å². The predicted molar refractivity (Wildman–Crippen MR) is 97.5 cm³/mol. The highest BCUT2D eigenvalue weighted by molar-refractivity contribution is 6.31. The number of benzene rings is 2. The van der Waals surface area contributed by atoms with Crippen molar-refractivity contribution in [2.75, 3.05) is 6.61 Å². The highest BCUT2D eigenvalue weighted by atomic mass is 35.5. The molecule has 0 spiro atoms. The molecule has 8 heteroatoms. The predicted octanol–water partition coefficient (Wildman–Crippen LogP) is 3.00. The highest BCUT2D eigenvalue weighted by Crippen LogP contribution is 2.22. The summed E-state index contributed by atoms with van der Waals surface area (Å²) in [7, 11) is 0. The van der Waals surface area contributed by atoms with Crippen molar-refractivity contribution in [3.05, 3.63) is 58.7 Å². The van der Waals surface area contributed by atoms with Crippen LogP contribution in [0, 0.1) is 0 Å². The molecule has 0 aliphatic carbocycles. The number of halogens is 1. The van der Waals surface area contributed by atoms with Crippen LogP contribution in [0.25, 0.3) is 10.9 Å². The number of carbonyl (C=O) groups excluding carboxylic acids is 2. The van der Waals surface area contributed by atoms with Gasteiger partial charge in [-0.25, -0.2) is 0 Å². The summed E-state index contributed by atoms with van der Waals surface area (Å²) in [5, 5.41) is 10.8. The molecule has 0 bridgehead atoms. The summed E-state index contributed by atoms with van der Waals surface area (Å²) in [6.07, 6.45) is 0. The van der Waals surface area contributed by atoms with Crippen LogP contribution in [0.4, 0.5) is 0 Å². The Balaban J connectivity index is 1.70. The van der Waals surface area contributed by atoms with E-state index in [9.17, 15) is 14.7 Å². The van der Waals surface area contributed by atoms with Crippen molar-refractivity contribution < 1.29 is 19.4 Å². The molecule has 1 heterocycles. The minimum Gasteiger partial charge on any atom is -0.507 e. The number of aromatic hydroxyl groups is 1. The van der Waals surface area contributed by atoms with Crippen molar-refractivity contribution in [1.29, 1.82) is 0 Å². The Hall–Kier alpha value is -3.19. The van der Waals surface area contributed by atoms with E-state index in [1.807, 2.05) is 19.1 Å². The molecule has 0 aliphatic rings. The van der Waals surface area contributed by atoms with Crippen molar-refractivity contribution in [3.8, 4) is 11.5 Å². The number of fused-ring (bicyclic) bond motifs is 1. The van der Waals surface area contributed by atoms with Gasteiger partial charge in [-0.2, -0.15) is 0 Å². The minimum absolute atomic E-state index is 0.0456. The second kappa shape index (κ2) is 7.37. The van der Waals surface area contributed by atoms with Crippen molar-refractivity contribution in [2.24, 2.45) is 0 Å². The molecule has 3 rings (SSSR count). The van der Waals surface area contributed by atoms with Crippen LogP contribution in [0.2, 0.25) is 5.02 Å². The molecule has 1 aromatic heterocycles. The number of H-pyrrole nitrogens is 1. The van der Waals surface area contributed by atoms with Crippen molar-refractivity contribution in [3.63, 3.8) is 0 Å². The number of hydrogen-bond acceptors (Lipinski definition) is 4. The molecule has 134 valence electrons. The Kier molecular flexibility index (Phi) is 4.99. The second-order valence-corrected chi connectivity index (χ2v) is 5.87. The van der Waals surface area contributed by atoms with Gasteiger partial charge >= 0.3 is 0 Å². The summed E-state index contributed by atoms with van der Waals surface area (Å²) in [4.78, 5) is 27.3. The van der Waals surface area contributed by atoms with Crippen LogP contribution >= 0.6 is 11.6 Å². The number of phenolic OH excluding ortho intramolecular Hbond substituents is 1. The number of carbonyl (C=O) groups is 2. The first-order chi connectivity index (χ1) is 12.5. The number of nitrogens with one attached hydrogen (secondary N) is 3. The van der Waals surface area contributed by atoms with Gasteiger partial charge < -0.3 is 14.8 Å². The largest absolute Gasteiger partial charge is 0.507 e. The van der Waals surface area contributed by atoms with Gasteiger partial charge in [0.05, 0.1) is 12.2 Å².